The van der Waals surface area contributed by atoms with E-state index in [1.54, 1.807) is 29.2 Å². The van der Waals surface area contributed by atoms with Crippen molar-refractivity contribution in [1.82, 2.24) is 9.21 Å². The van der Waals surface area contributed by atoms with Crippen LogP contribution in [0.25, 0.3) is 0 Å². The summed E-state index contributed by atoms with van der Waals surface area (Å²) in [6.07, 6.45) is 0.201. The summed E-state index contributed by atoms with van der Waals surface area (Å²) in [5, 5.41) is 0.585. The lowest BCUT2D eigenvalue weighted by molar-refractivity contribution is -0.131. The quantitative estimate of drug-likeness (QED) is 0.773. The molecule has 0 bridgehead atoms. The van der Waals surface area contributed by atoms with Crippen molar-refractivity contribution in [3.63, 3.8) is 0 Å². The van der Waals surface area contributed by atoms with E-state index in [1.807, 2.05) is 0 Å². The highest BCUT2D eigenvalue weighted by molar-refractivity contribution is 7.89. The molecule has 1 saturated heterocycles. The molecule has 144 valence electrons. The van der Waals surface area contributed by atoms with Gasteiger partial charge >= 0.3 is 0 Å². The molecule has 0 spiro atoms. The van der Waals surface area contributed by atoms with Crippen LogP contribution >= 0.6 is 11.6 Å². The fraction of sp³-hybridized carbons (Fsp3) is 0.278. The monoisotopic (exact) mass is 414 g/mol. The molecule has 0 atom stereocenters. The largest absolute Gasteiger partial charge is 0.340 e. The molecule has 9 heteroatoms. The highest BCUT2D eigenvalue weighted by Crippen LogP contribution is 2.20. The summed E-state index contributed by atoms with van der Waals surface area (Å²) < 4.78 is 52.7. The van der Waals surface area contributed by atoms with Crippen LogP contribution in [0, 0.1) is 11.6 Å². The van der Waals surface area contributed by atoms with Crippen molar-refractivity contribution in [2.45, 2.75) is 11.3 Å². The van der Waals surface area contributed by atoms with Crippen molar-refractivity contribution in [2.24, 2.45) is 0 Å². The molecule has 2 aromatic carbocycles. The van der Waals surface area contributed by atoms with Crippen LogP contribution in [0.15, 0.2) is 47.4 Å². The third-order valence-electron chi connectivity index (χ3n) is 4.39. The van der Waals surface area contributed by atoms with Crippen LogP contribution in [0.3, 0.4) is 0 Å². The number of amides is 1. The Labute approximate surface area is 161 Å². The molecule has 0 saturated carbocycles. The normalized spacial score (nSPS) is 15.7. The number of nitrogens with zero attached hydrogens (tertiary/aromatic N) is 2. The number of benzene rings is 2. The van der Waals surface area contributed by atoms with Gasteiger partial charge in [-0.15, -0.1) is 0 Å². The molecule has 3 rings (SSSR count). The molecule has 0 aromatic heterocycles. The smallest absolute Gasteiger partial charge is 0.243 e. The first kappa shape index (κ1) is 19.7. The Bertz CT molecular complexity index is 944. The predicted molar refractivity (Wildman–Crippen MR) is 96.9 cm³/mol. The van der Waals surface area contributed by atoms with Gasteiger partial charge in [-0.2, -0.15) is 4.31 Å². The lowest BCUT2D eigenvalue weighted by atomic mass is 10.1. The second kappa shape index (κ2) is 7.92. The summed E-state index contributed by atoms with van der Waals surface area (Å²) in [5.41, 5.74) is 0.821. The zero-order valence-electron chi connectivity index (χ0n) is 14.2. The molecule has 1 aliphatic rings. The fourth-order valence-corrected chi connectivity index (χ4v) is 4.41. The summed E-state index contributed by atoms with van der Waals surface area (Å²) in [7, 11) is -3.94. The first-order valence-electron chi connectivity index (χ1n) is 8.25. The lowest BCUT2D eigenvalue weighted by Crippen LogP contribution is -2.50. The fourth-order valence-electron chi connectivity index (χ4n) is 2.85. The predicted octanol–water partition coefficient (Wildman–Crippen LogP) is 2.69. The van der Waals surface area contributed by atoms with Gasteiger partial charge in [0.05, 0.1) is 11.3 Å². The highest BCUT2D eigenvalue weighted by Gasteiger charge is 2.30. The second-order valence-corrected chi connectivity index (χ2v) is 8.54. The average molecular weight is 415 g/mol. The van der Waals surface area contributed by atoms with Gasteiger partial charge in [0.15, 0.2) is 11.6 Å². The molecule has 0 N–H and O–H groups in total. The van der Waals surface area contributed by atoms with Crippen LogP contribution in [-0.4, -0.2) is 49.7 Å². The van der Waals surface area contributed by atoms with E-state index in [-0.39, 0.29) is 43.4 Å². The summed E-state index contributed by atoms with van der Waals surface area (Å²) >= 11 is 5.82. The van der Waals surface area contributed by atoms with Gasteiger partial charge in [0.25, 0.3) is 0 Å². The number of hydrogen-bond donors (Lipinski definition) is 0. The molecule has 27 heavy (non-hydrogen) atoms. The van der Waals surface area contributed by atoms with Gasteiger partial charge in [-0.05, 0) is 35.9 Å². The van der Waals surface area contributed by atoms with Gasteiger partial charge in [0, 0.05) is 31.2 Å². The maximum atomic E-state index is 13.4. The molecule has 1 aliphatic heterocycles. The summed E-state index contributed by atoms with van der Waals surface area (Å²) in [6, 6.07) is 9.43. The van der Waals surface area contributed by atoms with E-state index in [4.69, 9.17) is 11.6 Å². The zero-order valence-corrected chi connectivity index (χ0v) is 15.8. The molecule has 0 unspecified atom stereocenters. The van der Waals surface area contributed by atoms with E-state index in [2.05, 4.69) is 0 Å². The second-order valence-electron chi connectivity index (χ2n) is 6.16. The topological polar surface area (TPSA) is 57.7 Å². The molecule has 5 nitrogen and oxygen atoms in total. The number of rotatable bonds is 4. The number of sulfonamides is 1. The maximum absolute atomic E-state index is 13.4. The Kier molecular flexibility index (Phi) is 5.78. The molecular formula is C18H17ClF2N2O3S. The Balaban J connectivity index is 1.63. The van der Waals surface area contributed by atoms with Gasteiger partial charge in [-0.1, -0.05) is 23.7 Å². The van der Waals surface area contributed by atoms with Gasteiger partial charge in [-0.3, -0.25) is 4.79 Å². The van der Waals surface area contributed by atoms with Crippen molar-refractivity contribution < 1.29 is 22.0 Å². The Hall–Kier alpha value is -2.03. The Morgan fingerprint density at radius 3 is 2.19 bits per heavy atom. The van der Waals surface area contributed by atoms with Crippen molar-refractivity contribution >= 4 is 27.5 Å². The average Bonchev–Trinajstić information content (AvgIpc) is 2.66. The highest BCUT2D eigenvalue weighted by atomic mass is 35.5. The van der Waals surface area contributed by atoms with Crippen molar-refractivity contribution in [1.29, 1.82) is 0 Å². The molecular weight excluding hydrogens is 398 g/mol. The van der Waals surface area contributed by atoms with Crippen LogP contribution in [-0.2, 0) is 21.2 Å². The third kappa shape index (κ3) is 4.45. The standard InChI is InChI=1S/C18H17ClF2N2O3S/c19-14-3-1-13(2-4-14)11-18(24)22-7-9-23(10-8-22)27(25,26)15-5-6-16(20)17(21)12-15/h1-6,12H,7-11H2. The van der Waals surface area contributed by atoms with Gasteiger partial charge in [0.2, 0.25) is 15.9 Å². The molecule has 0 aliphatic carbocycles. The summed E-state index contributed by atoms with van der Waals surface area (Å²) in [5.74, 6) is -2.43. The summed E-state index contributed by atoms with van der Waals surface area (Å²) in [4.78, 5) is 13.7. The molecule has 1 amide bonds. The molecule has 1 fully saturated rings. The van der Waals surface area contributed by atoms with Crippen LogP contribution in [0.2, 0.25) is 5.02 Å². The number of piperazine rings is 1. The van der Waals surface area contributed by atoms with E-state index in [0.29, 0.717) is 11.1 Å². The first-order valence-corrected chi connectivity index (χ1v) is 10.1. The molecule has 0 radical (unpaired) electrons. The maximum Gasteiger partial charge on any atom is 0.243 e. The van der Waals surface area contributed by atoms with Gasteiger partial charge < -0.3 is 4.90 Å². The minimum atomic E-state index is -3.94. The van der Waals surface area contributed by atoms with Crippen molar-refractivity contribution in [3.05, 3.63) is 64.7 Å². The Morgan fingerprint density at radius 1 is 0.963 bits per heavy atom. The minimum absolute atomic E-state index is 0.0910. The molecule has 2 aromatic rings. The van der Waals surface area contributed by atoms with Gasteiger partial charge in [0.1, 0.15) is 0 Å². The third-order valence-corrected chi connectivity index (χ3v) is 6.54. The number of carbonyl (C=O) groups is 1. The van der Waals surface area contributed by atoms with Gasteiger partial charge in [-0.25, -0.2) is 17.2 Å². The van der Waals surface area contributed by atoms with E-state index in [1.165, 1.54) is 4.31 Å². The minimum Gasteiger partial charge on any atom is -0.340 e. The number of halogens is 3. The first-order chi connectivity index (χ1) is 12.8. The van der Waals surface area contributed by atoms with Crippen LogP contribution in [0.5, 0.6) is 0 Å². The molecule has 1 heterocycles. The SMILES string of the molecule is O=C(Cc1ccc(Cl)cc1)N1CCN(S(=O)(=O)c2ccc(F)c(F)c2)CC1. The van der Waals surface area contributed by atoms with E-state index in [9.17, 15) is 22.0 Å². The van der Waals surface area contributed by atoms with Crippen LogP contribution in [0.1, 0.15) is 5.56 Å². The Morgan fingerprint density at radius 2 is 1.59 bits per heavy atom. The van der Waals surface area contributed by atoms with Crippen molar-refractivity contribution in [3.8, 4) is 0 Å². The van der Waals surface area contributed by atoms with E-state index >= 15 is 0 Å². The zero-order chi connectivity index (χ0) is 19.6. The lowest BCUT2D eigenvalue weighted by Gasteiger charge is -2.34. The van der Waals surface area contributed by atoms with E-state index in [0.717, 1.165) is 17.7 Å². The number of hydrogen-bond acceptors (Lipinski definition) is 3. The number of carbonyl (C=O) groups excluding carboxylic acids is 1. The van der Waals surface area contributed by atoms with Crippen molar-refractivity contribution in [2.75, 3.05) is 26.2 Å². The van der Waals surface area contributed by atoms with E-state index < -0.39 is 21.7 Å². The van der Waals surface area contributed by atoms with Crippen LogP contribution in [0.4, 0.5) is 8.78 Å². The summed E-state index contributed by atoms with van der Waals surface area (Å²) in [6.45, 7) is 0.645. The van der Waals surface area contributed by atoms with Crippen LogP contribution < -0.4 is 0 Å².